The molecule has 0 saturated carbocycles. The maximum absolute atomic E-state index is 12.8. The third kappa shape index (κ3) is 48.9. The van der Waals surface area contributed by atoms with Crippen LogP contribution in [0.1, 0.15) is 297 Å². The zero-order valence-electron chi connectivity index (χ0n) is 41.7. The quantitative estimate of drug-likeness (QED) is 0.0262. The molecule has 0 fully saturated rings. The molecule has 0 aromatic rings. The van der Waals surface area contributed by atoms with Gasteiger partial charge in [0.05, 0.1) is 0 Å². The fourth-order valence-corrected chi connectivity index (χ4v) is 8.02. The minimum absolute atomic E-state index is 0.0702. The van der Waals surface area contributed by atoms with Gasteiger partial charge in [-0.2, -0.15) is 0 Å². The van der Waals surface area contributed by atoms with Crippen molar-refractivity contribution >= 4 is 17.9 Å². The summed E-state index contributed by atoms with van der Waals surface area (Å²) in [6, 6.07) is 0. The van der Waals surface area contributed by atoms with E-state index >= 15 is 0 Å². The predicted octanol–water partition coefficient (Wildman–Crippen LogP) is 17.9. The van der Waals surface area contributed by atoms with Gasteiger partial charge in [-0.05, 0) is 70.6 Å². The molecule has 0 saturated heterocycles. The number of esters is 3. The Kier molecular flexibility index (Phi) is 49.8. The molecule has 0 rings (SSSR count). The number of carbonyl (C=O) groups excluding carboxylic acids is 3. The van der Waals surface area contributed by atoms with Crippen molar-refractivity contribution in [2.45, 2.75) is 303 Å². The van der Waals surface area contributed by atoms with Crippen molar-refractivity contribution in [3.63, 3.8) is 0 Å². The van der Waals surface area contributed by atoms with E-state index in [0.717, 1.165) is 57.8 Å². The molecule has 0 amide bonds. The second-order valence-corrected chi connectivity index (χ2v) is 18.5. The standard InChI is InChI=1S/C56H104O6/c1-4-7-10-13-16-18-20-22-24-26-28-30-32-34-36-38-40-43-46-49-55(58)61-52-53(51-60-54(57)48-45-42-15-12-9-6-3)62-56(59)50-47-44-41-39-37-35-33-31-29-27-25-23-21-19-17-14-11-8-5-2/h22-25,53H,4-21,26-52H2,1-3H3/b24-22-,25-23-. The lowest BCUT2D eigenvalue weighted by Crippen LogP contribution is -2.30. The number of carbonyl (C=O) groups is 3. The number of ether oxygens (including phenoxy) is 3. The molecule has 1 atom stereocenters. The maximum Gasteiger partial charge on any atom is 0.306 e. The average molecular weight is 873 g/mol. The maximum atomic E-state index is 12.8. The molecule has 0 N–H and O–H groups in total. The smallest absolute Gasteiger partial charge is 0.306 e. The molecule has 62 heavy (non-hydrogen) atoms. The van der Waals surface area contributed by atoms with E-state index in [1.807, 2.05) is 0 Å². The monoisotopic (exact) mass is 873 g/mol. The fourth-order valence-electron chi connectivity index (χ4n) is 8.02. The van der Waals surface area contributed by atoms with Crippen molar-refractivity contribution in [2.24, 2.45) is 0 Å². The lowest BCUT2D eigenvalue weighted by Gasteiger charge is -2.18. The van der Waals surface area contributed by atoms with Gasteiger partial charge in [-0.3, -0.25) is 14.4 Å². The van der Waals surface area contributed by atoms with Crippen molar-refractivity contribution < 1.29 is 28.6 Å². The third-order valence-corrected chi connectivity index (χ3v) is 12.2. The van der Waals surface area contributed by atoms with E-state index in [1.165, 1.54) is 199 Å². The van der Waals surface area contributed by atoms with Gasteiger partial charge in [-0.25, -0.2) is 0 Å². The van der Waals surface area contributed by atoms with E-state index in [9.17, 15) is 14.4 Å². The Morgan fingerprint density at radius 1 is 0.306 bits per heavy atom. The zero-order chi connectivity index (χ0) is 45.1. The summed E-state index contributed by atoms with van der Waals surface area (Å²) in [6.07, 6.45) is 59.1. The van der Waals surface area contributed by atoms with Crippen LogP contribution in [0.5, 0.6) is 0 Å². The van der Waals surface area contributed by atoms with Gasteiger partial charge in [0, 0.05) is 19.3 Å². The average Bonchev–Trinajstić information content (AvgIpc) is 3.27. The Hall–Kier alpha value is -2.11. The lowest BCUT2D eigenvalue weighted by molar-refractivity contribution is -0.167. The second-order valence-electron chi connectivity index (χ2n) is 18.5. The van der Waals surface area contributed by atoms with E-state index < -0.39 is 6.10 Å². The number of allylic oxidation sites excluding steroid dienone is 4. The van der Waals surface area contributed by atoms with Crippen LogP contribution in [0.3, 0.4) is 0 Å². The summed E-state index contributed by atoms with van der Waals surface area (Å²) in [5.74, 6) is -0.870. The molecular weight excluding hydrogens is 769 g/mol. The van der Waals surface area contributed by atoms with E-state index in [2.05, 4.69) is 45.1 Å². The number of rotatable bonds is 50. The summed E-state index contributed by atoms with van der Waals surface area (Å²) in [7, 11) is 0. The highest BCUT2D eigenvalue weighted by atomic mass is 16.6. The van der Waals surface area contributed by atoms with Crippen LogP contribution < -0.4 is 0 Å². The zero-order valence-corrected chi connectivity index (χ0v) is 41.7. The third-order valence-electron chi connectivity index (χ3n) is 12.2. The summed E-state index contributed by atoms with van der Waals surface area (Å²) in [6.45, 7) is 6.60. The van der Waals surface area contributed by atoms with Crippen molar-refractivity contribution in [2.75, 3.05) is 13.2 Å². The van der Waals surface area contributed by atoms with E-state index in [0.29, 0.717) is 19.3 Å². The molecule has 6 nitrogen and oxygen atoms in total. The van der Waals surface area contributed by atoms with Crippen LogP contribution in [0.15, 0.2) is 24.3 Å². The molecular formula is C56H104O6. The van der Waals surface area contributed by atoms with Crippen molar-refractivity contribution in [3.05, 3.63) is 24.3 Å². The van der Waals surface area contributed by atoms with Gasteiger partial charge in [-0.15, -0.1) is 0 Å². The van der Waals surface area contributed by atoms with Crippen molar-refractivity contribution in [1.29, 1.82) is 0 Å². The van der Waals surface area contributed by atoms with Gasteiger partial charge < -0.3 is 14.2 Å². The number of hydrogen-bond acceptors (Lipinski definition) is 6. The minimum atomic E-state index is -0.767. The first-order valence-corrected chi connectivity index (χ1v) is 27.3. The van der Waals surface area contributed by atoms with Gasteiger partial charge in [-0.1, -0.05) is 231 Å². The summed E-state index contributed by atoms with van der Waals surface area (Å²) in [4.78, 5) is 37.8. The molecule has 0 aliphatic carbocycles. The summed E-state index contributed by atoms with van der Waals surface area (Å²) >= 11 is 0. The lowest BCUT2D eigenvalue weighted by atomic mass is 10.1. The molecule has 0 aromatic carbocycles. The topological polar surface area (TPSA) is 78.9 Å². The van der Waals surface area contributed by atoms with Crippen LogP contribution in [0.25, 0.3) is 0 Å². The second kappa shape index (κ2) is 51.5. The van der Waals surface area contributed by atoms with Crippen LogP contribution >= 0.6 is 0 Å². The van der Waals surface area contributed by atoms with Crippen LogP contribution in [-0.4, -0.2) is 37.2 Å². The summed E-state index contributed by atoms with van der Waals surface area (Å²) in [5, 5.41) is 0. The highest BCUT2D eigenvalue weighted by molar-refractivity contribution is 5.71. The highest BCUT2D eigenvalue weighted by Crippen LogP contribution is 2.16. The predicted molar refractivity (Wildman–Crippen MR) is 266 cm³/mol. The first-order chi connectivity index (χ1) is 30.5. The van der Waals surface area contributed by atoms with E-state index in [-0.39, 0.29) is 31.1 Å². The summed E-state index contributed by atoms with van der Waals surface area (Å²) in [5.41, 5.74) is 0. The molecule has 0 aliphatic rings. The highest BCUT2D eigenvalue weighted by Gasteiger charge is 2.19. The minimum Gasteiger partial charge on any atom is -0.462 e. The first-order valence-electron chi connectivity index (χ1n) is 27.3. The van der Waals surface area contributed by atoms with Crippen molar-refractivity contribution in [1.82, 2.24) is 0 Å². The van der Waals surface area contributed by atoms with Gasteiger partial charge in [0.25, 0.3) is 0 Å². The molecule has 1 unspecified atom stereocenters. The largest absolute Gasteiger partial charge is 0.462 e. The first kappa shape index (κ1) is 59.9. The van der Waals surface area contributed by atoms with Gasteiger partial charge in [0.2, 0.25) is 0 Å². The van der Waals surface area contributed by atoms with Gasteiger partial charge >= 0.3 is 17.9 Å². The molecule has 0 aromatic heterocycles. The SMILES string of the molecule is CCCCCCCC/C=C\CCCCCCCCCCCC(=O)OCC(COC(=O)CCCCCCCC)OC(=O)CCCCCCCCCCC/C=C\CCCCCCCC. The summed E-state index contributed by atoms with van der Waals surface area (Å²) < 4.78 is 16.7. The van der Waals surface area contributed by atoms with E-state index in [4.69, 9.17) is 14.2 Å². The van der Waals surface area contributed by atoms with Crippen LogP contribution in [0.2, 0.25) is 0 Å². The molecule has 6 heteroatoms. The van der Waals surface area contributed by atoms with Crippen LogP contribution in [0.4, 0.5) is 0 Å². The van der Waals surface area contributed by atoms with E-state index in [1.54, 1.807) is 0 Å². The fraction of sp³-hybridized carbons (Fsp3) is 0.875. The Balaban J connectivity index is 4.15. The number of hydrogen-bond donors (Lipinski definition) is 0. The Bertz CT molecular complexity index is 1000. The molecule has 0 radical (unpaired) electrons. The molecule has 0 bridgehead atoms. The van der Waals surface area contributed by atoms with Gasteiger partial charge in [0.1, 0.15) is 13.2 Å². The molecule has 0 aliphatic heterocycles. The van der Waals surface area contributed by atoms with Crippen molar-refractivity contribution in [3.8, 4) is 0 Å². The molecule has 0 heterocycles. The normalized spacial score (nSPS) is 12.1. The molecule has 364 valence electrons. The Morgan fingerprint density at radius 2 is 0.532 bits per heavy atom. The Morgan fingerprint density at radius 3 is 0.806 bits per heavy atom. The Labute approximate surface area is 385 Å². The van der Waals surface area contributed by atoms with Crippen LogP contribution in [0, 0.1) is 0 Å². The van der Waals surface area contributed by atoms with Crippen LogP contribution in [-0.2, 0) is 28.6 Å². The van der Waals surface area contributed by atoms with Gasteiger partial charge in [0.15, 0.2) is 6.10 Å². The number of unbranched alkanes of at least 4 members (excludes halogenated alkanes) is 35. The molecule has 0 spiro atoms.